The van der Waals surface area contributed by atoms with Crippen molar-refractivity contribution in [2.75, 3.05) is 43.0 Å². The Hall–Kier alpha value is -3.24. The lowest BCUT2D eigenvalue weighted by Crippen LogP contribution is -2.48. The molecule has 0 spiro atoms. The maximum absolute atomic E-state index is 13.2. The molecule has 0 bridgehead atoms. The molecule has 4 rings (SSSR count). The second-order valence-electron chi connectivity index (χ2n) is 7.86. The first-order valence-electron chi connectivity index (χ1n) is 10.9. The molecule has 0 saturated carbocycles. The van der Waals surface area contributed by atoms with E-state index in [1.807, 2.05) is 39.0 Å². The molecule has 33 heavy (non-hydrogen) atoms. The van der Waals surface area contributed by atoms with Crippen molar-refractivity contribution >= 4 is 27.5 Å². The first-order chi connectivity index (χ1) is 15.9. The van der Waals surface area contributed by atoms with Gasteiger partial charge in [-0.05, 0) is 62.2 Å². The van der Waals surface area contributed by atoms with Gasteiger partial charge in [-0.3, -0.25) is 0 Å². The van der Waals surface area contributed by atoms with Crippen molar-refractivity contribution in [2.45, 2.75) is 25.7 Å². The molecule has 1 aliphatic heterocycles. The van der Waals surface area contributed by atoms with Crippen LogP contribution in [0.1, 0.15) is 18.1 Å². The van der Waals surface area contributed by atoms with Gasteiger partial charge in [0.15, 0.2) is 0 Å². The molecule has 0 atom stereocenters. The fraction of sp³-hybridized carbons (Fsp3) is 0.348. The maximum Gasteiger partial charge on any atom is 0.243 e. The maximum atomic E-state index is 13.2. The number of nitrogens with one attached hydrogen (secondary N) is 1. The van der Waals surface area contributed by atoms with Crippen LogP contribution >= 0.6 is 0 Å². The summed E-state index contributed by atoms with van der Waals surface area (Å²) < 4.78 is 33.4. The highest BCUT2D eigenvalue weighted by atomic mass is 32.2. The van der Waals surface area contributed by atoms with E-state index in [-0.39, 0.29) is 4.90 Å². The molecule has 0 aliphatic carbocycles. The molecule has 0 radical (unpaired) electrons. The molecule has 10 heteroatoms. The van der Waals surface area contributed by atoms with E-state index in [4.69, 9.17) is 4.74 Å². The van der Waals surface area contributed by atoms with Crippen molar-refractivity contribution in [2.24, 2.45) is 0 Å². The highest BCUT2D eigenvalue weighted by molar-refractivity contribution is 7.89. The molecular weight excluding hydrogens is 440 g/mol. The number of piperazine rings is 1. The molecule has 9 nitrogen and oxygen atoms in total. The van der Waals surface area contributed by atoms with Crippen LogP contribution in [0.4, 0.5) is 17.5 Å². The third-order valence-electron chi connectivity index (χ3n) is 5.47. The minimum atomic E-state index is -3.58. The number of nitrogens with zero attached hydrogens (tertiary/aromatic N) is 5. The molecule has 2 aromatic heterocycles. The molecule has 1 fully saturated rings. The quantitative estimate of drug-likeness (QED) is 0.564. The van der Waals surface area contributed by atoms with Crippen LogP contribution in [0.25, 0.3) is 0 Å². The summed E-state index contributed by atoms with van der Waals surface area (Å²) in [5.41, 5.74) is 1.91. The zero-order valence-electron chi connectivity index (χ0n) is 19.0. The Morgan fingerprint density at radius 2 is 1.73 bits per heavy atom. The van der Waals surface area contributed by atoms with Gasteiger partial charge in [0.1, 0.15) is 29.5 Å². The number of benzene rings is 1. The van der Waals surface area contributed by atoms with Gasteiger partial charge < -0.3 is 15.0 Å². The van der Waals surface area contributed by atoms with E-state index >= 15 is 0 Å². The predicted octanol–water partition coefficient (Wildman–Crippen LogP) is 3.14. The topological polar surface area (TPSA) is 101 Å². The van der Waals surface area contributed by atoms with Crippen molar-refractivity contribution in [1.82, 2.24) is 19.3 Å². The molecular formula is C23H28N6O3S. The summed E-state index contributed by atoms with van der Waals surface area (Å²) in [6.45, 7) is 8.12. The highest BCUT2D eigenvalue weighted by Gasteiger charge is 2.29. The molecule has 174 valence electrons. The Morgan fingerprint density at radius 1 is 0.970 bits per heavy atom. The Labute approximate surface area is 194 Å². The first kappa shape index (κ1) is 22.9. The monoisotopic (exact) mass is 468 g/mol. The Kier molecular flexibility index (Phi) is 6.75. The zero-order valence-corrected chi connectivity index (χ0v) is 19.8. The van der Waals surface area contributed by atoms with E-state index < -0.39 is 10.0 Å². The van der Waals surface area contributed by atoms with E-state index in [1.165, 1.54) is 10.6 Å². The van der Waals surface area contributed by atoms with Gasteiger partial charge in [-0.25, -0.2) is 23.4 Å². The van der Waals surface area contributed by atoms with Gasteiger partial charge in [-0.2, -0.15) is 4.31 Å². The Balaban J connectivity index is 1.43. The normalized spacial score (nSPS) is 14.8. The van der Waals surface area contributed by atoms with Crippen LogP contribution in [0.2, 0.25) is 0 Å². The zero-order chi connectivity index (χ0) is 23.4. The lowest BCUT2D eigenvalue weighted by molar-refractivity contribution is 0.337. The molecule has 0 unspecified atom stereocenters. The third-order valence-corrected chi connectivity index (χ3v) is 7.37. The van der Waals surface area contributed by atoms with Crippen LogP contribution in [-0.2, 0) is 10.0 Å². The molecule has 1 aromatic carbocycles. The number of rotatable bonds is 7. The Morgan fingerprint density at radius 3 is 2.42 bits per heavy atom. The van der Waals surface area contributed by atoms with Crippen molar-refractivity contribution in [3.8, 4) is 5.75 Å². The van der Waals surface area contributed by atoms with E-state index in [2.05, 4.69) is 25.2 Å². The van der Waals surface area contributed by atoms with E-state index in [0.29, 0.717) is 50.2 Å². The number of hydrogen-bond acceptors (Lipinski definition) is 8. The van der Waals surface area contributed by atoms with Crippen molar-refractivity contribution < 1.29 is 13.2 Å². The van der Waals surface area contributed by atoms with Gasteiger partial charge in [-0.1, -0.05) is 0 Å². The SMILES string of the molecule is CCOc1ccc(S(=O)(=O)N2CCN(c3cc(Nc4cc(C)ccn4)ncn3)CC2)cc1C. The van der Waals surface area contributed by atoms with Crippen LogP contribution in [0.15, 0.2) is 53.8 Å². The average molecular weight is 469 g/mol. The summed E-state index contributed by atoms with van der Waals surface area (Å²) in [5.74, 6) is 2.80. The third kappa shape index (κ3) is 5.23. The van der Waals surface area contributed by atoms with E-state index in [9.17, 15) is 8.42 Å². The molecule has 1 N–H and O–H groups in total. The van der Waals surface area contributed by atoms with E-state index in [0.717, 1.165) is 16.9 Å². The summed E-state index contributed by atoms with van der Waals surface area (Å²) in [6, 6.07) is 10.7. The molecule has 3 aromatic rings. The molecule has 1 aliphatic rings. The second-order valence-corrected chi connectivity index (χ2v) is 9.79. The number of aryl methyl sites for hydroxylation is 2. The van der Waals surface area contributed by atoms with Crippen molar-refractivity contribution in [1.29, 1.82) is 0 Å². The van der Waals surface area contributed by atoms with Gasteiger partial charge in [0.2, 0.25) is 10.0 Å². The van der Waals surface area contributed by atoms with E-state index in [1.54, 1.807) is 24.4 Å². The van der Waals surface area contributed by atoms with Crippen LogP contribution in [0.5, 0.6) is 5.75 Å². The number of aromatic nitrogens is 3. The average Bonchev–Trinajstić information content (AvgIpc) is 2.81. The molecule has 1 saturated heterocycles. The van der Waals surface area contributed by atoms with Crippen LogP contribution < -0.4 is 15.0 Å². The number of anilines is 3. The standard InChI is InChI=1S/C23H28N6O3S/c1-4-32-20-6-5-19(14-18(20)3)33(30,31)29-11-9-28(10-12-29)23-15-22(25-16-26-23)27-21-13-17(2)7-8-24-21/h5-8,13-16H,4,9-12H2,1-3H3,(H,24,25,26,27). The summed E-state index contributed by atoms with van der Waals surface area (Å²) in [5, 5.41) is 3.19. The number of pyridine rings is 1. The second kappa shape index (κ2) is 9.72. The van der Waals surface area contributed by atoms with Gasteiger partial charge in [0.25, 0.3) is 0 Å². The van der Waals surface area contributed by atoms with Crippen LogP contribution in [0.3, 0.4) is 0 Å². The van der Waals surface area contributed by atoms with Crippen LogP contribution in [-0.4, -0.2) is 60.5 Å². The lowest BCUT2D eigenvalue weighted by Gasteiger charge is -2.34. The van der Waals surface area contributed by atoms with Gasteiger partial charge >= 0.3 is 0 Å². The first-order valence-corrected chi connectivity index (χ1v) is 12.3. The molecule has 3 heterocycles. The Bertz CT molecular complexity index is 1230. The van der Waals surface area contributed by atoms with Crippen molar-refractivity contribution in [3.63, 3.8) is 0 Å². The largest absolute Gasteiger partial charge is 0.494 e. The number of hydrogen-bond donors (Lipinski definition) is 1. The summed E-state index contributed by atoms with van der Waals surface area (Å²) in [4.78, 5) is 15.3. The van der Waals surface area contributed by atoms with Gasteiger partial charge in [0, 0.05) is 38.4 Å². The molecule has 0 amide bonds. The van der Waals surface area contributed by atoms with Gasteiger partial charge in [0.05, 0.1) is 11.5 Å². The fourth-order valence-corrected chi connectivity index (χ4v) is 5.24. The summed E-state index contributed by atoms with van der Waals surface area (Å²) in [7, 11) is -3.58. The van der Waals surface area contributed by atoms with Crippen LogP contribution in [0, 0.1) is 13.8 Å². The minimum absolute atomic E-state index is 0.288. The summed E-state index contributed by atoms with van der Waals surface area (Å²) in [6.07, 6.45) is 3.24. The fourth-order valence-electron chi connectivity index (χ4n) is 3.73. The summed E-state index contributed by atoms with van der Waals surface area (Å²) >= 11 is 0. The minimum Gasteiger partial charge on any atom is -0.494 e. The smallest absolute Gasteiger partial charge is 0.243 e. The van der Waals surface area contributed by atoms with Crippen molar-refractivity contribution in [3.05, 3.63) is 60.0 Å². The van der Waals surface area contributed by atoms with Gasteiger partial charge in [-0.15, -0.1) is 0 Å². The highest BCUT2D eigenvalue weighted by Crippen LogP contribution is 2.26. The predicted molar refractivity (Wildman–Crippen MR) is 128 cm³/mol. The lowest BCUT2D eigenvalue weighted by atomic mass is 10.2. The number of ether oxygens (including phenoxy) is 1. The number of sulfonamides is 1.